The monoisotopic (exact) mass is 837 g/mol. The predicted octanol–water partition coefficient (Wildman–Crippen LogP) is 9.16. The molecule has 1 unspecified atom stereocenters. The van der Waals surface area contributed by atoms with Gasteiger partial charge in [0, 0.05) is 34.5 Å². The summed E-state index contributed by atoms with van der Waals surface area (Å²) >= 11 is 14.4. The zero-order chi connectivity index (χ0) is 39.6. The van der Waals surface area contributed by atoms with Gasteiger partial charge in [0.1, 0.15) is 22.3 Å². The van der Waals surface area contributed by atoms with Crippen LogP contribution in [0.25, 0.3) is 10.1 Å². The molecule has 4 fully saturated rings. The number of aromatic nitrogens is 1. The van der Waals surface area contributed by atoms with Gasteiger partial charge in [-0.1, -0.05) is 53.5 Å². The maximum absolute atomic E-state index is 14.1. The molecule has 5 aromatic rings. The fourth-order valence-corrected chi connectivity index (χ4v) is 9.09. The Morgan fingerprint density at radius 1 is 0.965 bits per heavy atom. The highest BCUT2D eigenvalue weighted by molar-refractivity contribution is 7.17. The Morgan fingerprint density at radius 2 is 1.74 bits per heavy atom. The van der Waals surface area contributed by atoms with Crippen molar-refractivity contribution in [3.63, 3.8) is 0 Å². The summed E-state index contributed by atoms with van der Waals surface area (Å²) in [5.74, 6) is -0.607. The fourth-order valence-electron chi connectivity index (χ4n) is 7.51. The first-order valence-corrected chi connectivity index (χ1v) is 20.5. The van der Waals surface area contributed by atoms with Crippen LogP contribution in [-0.4, -0.2) is 55.8 Å². The number of hydrogen-bond acceptors (Lipinski definition) is 10. The molecule has 0 amide bonds. The van der Waals surface area contributed by atoms with Crippen LogP contribution in [0.2, 0.25) is 10.0 Å². The fraction of sp³-hybridized carbons (Fsp3) is 0.357. The normalized spacial score (nSPS) is 19.9. The minimum absolute atomic E-state index is 0.0460. The van der Waals surface area contributed by atoms with Gasteiger partial charge in [-0.15, -0.1) is 11.3 Å². The topological polar surface area (TPSA) is 113 Å². The summed E-state index contributed by atoms with van der Waals surface area (Å²) < 4.78 is 51.2. The second kappa shape index (κ2) is 17.0. The molecule has 2 bridgehead atoms. The molecule has 1 saturated carbocycles. The Morgan fingerprint density at radius 3 is 2.46 bits per heavy atom. The van der Waals surface area contributed by atoms with Gasteiger partial charge in [-0.3, -0.25) is 4.90 Å². The molecule has 9 rings (SSSR count). The smallest absolute Gasteiger partial charge is 0.387 e. The first-order chi connectivity index (χ1) is 27.6. The Bertz CT molecular complexity index is 2240. The summed E-state index contributed by atoms with van der Waals surface area (Å²) in [4.78, 5) is 30.5. The van der Waals surface area contributed by atoms with Crippen molar-refractivity contribution < 1.29 is 42.0 Å². The van der Waals surface area contributed by atoms with Crippen LogP contribution < -0.4 is 19.5 Å². The Balaban J connectivity index is 1.08. The van der Waals surface area contributed by atoms with E-state index in [0.717, 1.165) is 66.8 Å². The van der Waals surface area contributed by atoms with E-state index >= 15 is 0 Å². The van der Waals surface area contributed by atoms with Crippen molar-refractivity contribution >= 4 is 62.3 Å². The number of thiophene rings is 1. The molecule has 4 aliphatic rings. The minimum atomic E-state index is -3.09. The third kappa shape index (κ3) is 9.22. The number of alkyl halides is 2. The van der Waals surface area contributed by atoms with Crippen LogP contribution in [0.1, 0.15) is 64.9 Å². The summed E-state index contributed by atoms with van der Waals surface area (Å²) in [5, 5.41) is 18.4. The number of nitrogens with one attached hydrogen (secondary N) is 1. The second-order valence-corrected chi connectivity index (χ2v) is 16.4. The number of fused-ring (bicyclic) bond motifs is 4. The number of rotatable bonds is 15. The second-order valence-electron chi connectivity index (χ2n) is 14.7. The highest BCUT2D eigenvalue weighted by Gasteiger charge is 2.38. The third-order valence-corrected chi connectivity index (χ3v) is 12.4. The molecule has 3 aromatic carbocycles. The van der Waals surface area contributed by atoms with Gasteiger partial charge < -0.3 is 29.5 Å². The number of carbonyl (C=O) groups excluding carboxylic acids is 2. The molecule has 10 nitrogen and oxygen atoms in total. The first kappa shape index (κ1) is 39.2. The van der Waals surface area contributed by atoms with Gasteiger partial charge in [0.25, 0.3) is 0 Å². The van der Waals surface area contributed by atoms with E-state index in [1.165, 1.54) is 29.5 Å². The highest BCUT2D eigenvalue weighted by atomic mass is 35.5. The van der Waals surface area contributed by atoms with E-state index in [0.29, 0.717) is 46.5 Å². The number of nitrogens with zero attached hydrogens (tertiary/aromatic N) is 2. The molecular weight excluding hydrogens is 799 g/mol. The van der Waals surface area contributed by atoms with Gasteiger partial charge in [0.15, 0.2) is 29.9 Å². The van der Waals surface area contributed by atoms with Crippen molar-refractivity contribution in [3.05, 3.63) is 122 Å². The van der Waals surface area contributed by atoms with Crippen LogP contribution in [-0.2, 0) is 20.7 Å². The Labute approximate surface area is 341 Å². The van der Waals surface area contributed by atoms with E-state index in [2.05, 4.69) is 10.2 Å². The van der Waals surface area contributed by atoms with Crippen molar-refractivity contribution in [1.82, 2.24) is 4.90 Å². The average molecular weight is 839 g/mol. The van der Waals surface area contributed by atoms with Crippen LogP contribution in [0, 0.1) is 17.0 Å². The molecule has 3 atom stereocenters. The molecule has 57 heavy (non-hydrogen) atoms. The lowest BCUT2D eigenvalue weighted by Gasteiger charge is -2.44. The van der Waals surface area contributed by atoms with Crippen molar-refractivity contribution in [2.45, 2.75) is 57.0 Å². The number of halogens is 4. The third-order valence-electron chi connectivity index (χ3n) is 10.8. The molecule has 15 heteroatoms. The largest absolute Gasteiger partial charge is 0.619 e. The number of ether oxygens (including phenoxy) is 4. The van der Waals surface area contributed by atoms with E-state index in [1.54, 1.807) is 24.3 Å². The number of anilines is 1. The first-order valence-electron chi connectivity index (χ1n) is 18.8. The van der Waals surface area contributed by atoms with Gasteiger partial charge in [0.2, 0.25) is 0 Å². The van der Waals surface area contributed by atoms with E-state index < -0.39 is 30.7 Å². The van der Waals surface area contributed by atoms with E-state index in [1.807, 2.05) is 29.6 Å². The number of pyridine rings is 1. The van der Waals surface area contributed by atoms with Crippen LogP contribution in [0.5, 0.6) is 11.5 Å². The minimum Gasteiger partial charge on any atom is -0.619 e. The SMILES string of the molecule is O=C(O[C@@H](Cc1c(Cl)c[n+]([O-])cc1Cl)c1ccc(OC(F)F)c(OCC2CC2)c1)c1cccc(NC(C(=O)O[C@H]2CN3CCC2CC3)c2csc3ccccc23)c1. The Kier molecular flexibility index (Phi) is 11.7. The maximum Gasteiger partial charge on any atom is 0.387 e. The number of benzene rings is 3. The van der Waals surface area contributed by atoms with Crippen LogP contribution >= 0.6 is 34.5 Å². The van der Waals surface area contributed by atoms with Gasteiger partial charge in [-0.2, -0.15) is 13.5 Å². The van der Waals surface area contributed by atoms with Crippen molar-refractivity contribution in [2.24, 2.45) is 11.8 Å². The van der Waals surface area contributed by atoms with Crippen LogP contribution in [0.3, 0.4) is 0 Å². The zero-order valence-electron chi connectivity index (χ0n) is 30.6. The van der Waals surface area contributed by atoms with Crippen molar-refractivity contribution in [3.8, 4) is 11.5 Å². The van der Waals surface area contributed by atoms with E-state index in [9.17, 15) is 23.6 Å². The number of carbonyl (C=O) groups is 2. The molecule has 2 aromatic heterocycles. The molecule has 298 valence electrons. The zero-order valence-corrected chi connectivity index (χ0v) is 32.9. The van der Waals surface area contributed by atoms with Crippen molar-refractivity contribution in [1.29, 1.82) is 0 Å². The lowest BCUT2D eigenvalue weighted by atomic mass is 9.86. The number of esters is 2. The Hall–Kier alpha value is -4.69. The predicted molar refractivity (Wildman–Crippen MR) is 212 cm³/mol. The lowest BCUT2D eigenvalue weighted by molar-refractivity contribution is -0.605. The summed E-state index contributed by atoms with van der Waals surface area (Å²) in [5.41, 5.74) is 2.13. The standard InChI is InChI=1S/C42H39Cl2F2N3O7S/c43-32-19-49(52)20-33(44)30(32)18-35(26-10-11-34(56-42(45)46)36(17-26)53-22-24-8-9-24)54-40(50)27-4-3-5-28(16-27)47-39(31-23-57-38-7-2-1-6-29(31)38)41(51)55-37-21-48-14-12-25(37)13-15-48/h1-7,10-11,16-17,19-20,23-25,35,37,39,42,47H,8-9,12-15,18,21-22H2/t35-,37-,39?/m0/s1. The van der Waals surface area contributed by atoms with Crippen LogP contribution in [0.4, 0.5) is 14.5 Å². The molecule has 0 radical (unpaired) electrons. The number of piperidine rings is 3. The average Bonchev–Trinajstić information content (AvgIpc) is 3.94. The summed E-state index contributed by atoms with van der Waals surface area (Å²) in [6.45, 7) is -0.0444. The molecular formula is C42H39Cl2F2N3O7S. The van der Waals surface area contributed by atoms with Gasteiger partial charge in [0.05, 0.1) is 12.2 Å². The van der Waals surface area contributed by atoms with Crippen LogP contribution in [0.15, 0.2) is 84.5 Å². The molecule has 3 aliphatic heterocycles. The van der Waals surface area contributed by atoms with E-state index in [4.69, 9.17) is 42.1 Å². The summed E-state index contributed by atoms with van der Waals surface area (Å²) in [6.07, 6.45) is 4.84. The van der Waals surface area contributed by atoms with Gasteiger partial charge in [-0.05, 0) is 103 Å². The summed E-state index contributed by atoms with van der Waals surface area (Å²) in [6, 6.07) is 17.9. The van der Waals surface area contributed by atoms with Gasteiger partial charge >= 0.3 is 18.6 Å². The summed E-state index contributed by atoms with van der Waals surface area (Å²) in [7, 11) is 0. The van der Waals surface area contributed by atoms with Gasteiger partial charge in [-0.25, -0.2) is 9.59 Å². The lowest BCUT2D eigenvalue weighted by Crippen LogP contribution is -2.52. The highest BCUT2D eigenvalue weighted by Crippen LogP contribution is 2.39. The molecule has 1 aliphatic carbocycles. The number of hydrogen-bond donors (Lipinski definition) is 1. The molecule has 0 spiro atoms. The maximum atomic E-state index is 14.1. The quantitative estimate of drug-likeness (QED) is 0.0627. The van der Waals surface area contributed by atoms with E-state index in [-0.39, 0.29) is 39.6 Å². The molecule has 5 heterocycles. The molecule has 3 saturated heterocycles. The molecule has 1 N–H and O–H groups in total. The van der Waals surface area contributed by atoms with Crippen molar-refractivity contribution in [2.75, 3.05) is 31.6 Å².